The van der Waals surface area contributed by atoms with Crippen molar-refractivity contribution in [3.63, 3.8) is 0 Å². The fraction of sp³-hybridized carbons (Fsp3) is 0.0833. The fourth-order valence-corrected chi connectivity index (χ4v) is 4.24. The molecule has 0 bridgehead atoms. The first-order valence-electron chi connectivity index (χ1n) is 10.1. The zero-order valence-corrected chi connectivity index (χ0v) is 19.1. The lowest BCUT2D eigenvalue weighted by Gasteiger charge is -2.12. The van der Waals surface area contributed by atoms with E-state index in [-0.39, 0.29) is 33.4 Å². The van der Waals surface area contributed by atoms with E-state index in [0.717, 1.165) is 16.4 Å². The van der Waals surface area contributed by atoms with Crippen LogP contribution in [-0.2, 0) is 0 Å². The average Bonchev–Trinajstić information content (AvgIpc) is 3.28. The Bertz CT molecular complexity index is 1490. The van der Waals surface area contributed by atoms with Gasteiger partial charge in [-0.2, -0.15) is 10.5 Å². The van der Waals surface area contributed by atoms with Crippen LogP contribution in [0.2, 0.25) is 0 Å². The Morgan fingerprint density at radius 1 is 1.14 bits per heavy atom. The van der Waals surface area contributed by atoms with E-state index in [1.165, 1.54) is 7.11 Å². The summed E-state index contributed by atoms with van der Waals surface area (Å²) in [5, 5.41) is 35.6. The van der Waals surface area contributed by atoms with Crippen molar-refractivity contribution in [2.75, 3.05) is 18.6 Å². The number of nitrogens with zero attached hydrogens (tertiary/aromatic N) is 5. The lowest BCUT2D eigenvalue weighted by Crippen LogP contribution is -2.39. The van der Waals surface area contributed by atoms with Gasteiger partial charge in [0.25, 0.3) is 0 Å². The number of methoxy groups -OCH3 is 1. The first-order valence-corrected chi connectivity index (χ1v) is 11.1. The Labute approximate surface area is 203 Å². The molecule has 10 nitrogen and oxygen atoms in total. The molecule has 0 amide bonds. The maximum atomic E-state index is 13.0. The van der Waals surface area contributed by atoms with Gasteiger partial charge in [-0.25, -0.2) is 4.98 Å². The molecule has 4 rings (SSSR count). The van der Waals surface area contributed by atoms with Gasteiger partial charge in [-0.1, -0.05) is 42.1 Å². The van der Waals surface area contributed by atoms with Crippen molar-refractivity contribution in [1.82, 2.24) is 10.3 Å². The lowest BCUT2D eigenvalue weighted by molar-refractivity contribution is -0.672. The molecule has 0 atom stereocenters. The van der Waals surface area contributed by atoms with Gasteiger partial charge in [0.15, 0.2) is 5.95 Å². The number of aromatic nitrogens is 3. The second kappa shape index (κ2) is 9.95. The molecule has 0 fully saturated rings. The third-order valence-corrected chi connectivity index (χ3v) is 5.99. The third kappa shape index (κ3) is 4.49. The molecular weight excluding hydrogens is 468 g/mol. The molecule has 0 radical (unpaired) electrons. The molecule has 172 valence electrons. The second-order valence-electron chi connectivity index (χ2n) is 7.05. The standard InChI is InChI=1S/C24H16N6O4S/c1-33-16-9-7-15(8-10-16)30-21(24(32)34-29-30)19(31)13-35-23-18(12-26)20(14-5-3-2-4-6-14)17(11-25)22(27)28-23/h2-10H,13H2,1H3,(H2-,27,28,29,31,32). The summed E-state index contributed by atoms with van der Waals surface area (Å²) in [4.78, 5) is 17.2. The Balaban J connectivity index is 1.68. The summed E-state index contributed by atoms with van der Waals surface area (Å²) in [5.41, 5.74) is 7.28. The quantitative estimate of drug-likeness (QED) is 0.234. The molecule has 2 N–H and O–H groups in total. The average molecular weight is 484 g/mol. The number of nitrogen functional groups attached to an aromatic ring is 1. The highest BCUT2D eigenvalue weighted by Crippen LogP contribution is 2.35. The Morgan fingerprint density at radius 3 is 2.46 bits per heavy atom. The van der Waals surface area contributed by atoms with Crippen LogP contribution < -0.4 is 20.3 Å². The number of benzene rings is 2. The van der Waals surface area contributed by atoms with E-state index in [1.54, 1.807) is 54.6 Å². The zero-order valence-electron chi connectivity index (χ0n) is 18.3. The minimum absolute atomic E-state index is 0.0666. The molecular formula is C24H16N6O4S. The minimum Gasteiger partial charge on any atom is -0.539 e. The summed E-state index contributed by atoms with van der Waals surface area (Å²) in [6, 6.07) is 19.4. The second-order valence-corrected chi connectivity index (χ2v) is 8.01. The van der Waals surface area contributed by atoms with Gasteiger partial charge in [-0.3, -0.25) is 4.79 Å². The Hall–Kier alpha value is -4.87. The molecule has 4 aromatic rings. The van der Waals surface area contributed by atoms with Crippen LogP contribution in [0.5, 0.6) is 11.7 Å². The van der Waals surface area contributed by atoms with Gasteiger partial charge in [0.2, 0.25) is 11.5 Å². The molecule has 11 heteroatoms. The molecule has 0 spiro atoms. The number of hydrogen-bond acceptors (Lipinski definition) is 10. The molecule has 0 aliphatic heterocycles. The van der Waals surface area contributed by atoms with E-state index in [0.29, 0.717) is 22.6 Å². The van der Waals surface area contributed by atoms with Gasteiger partial charge in [-0.15, -0.1) is 0 Å². The number of anilines is 1. The van der Waals surface area contributed by atoms with Gasteiger partial charge >= 0.3 is 5.69 Å². The van der Waals surface area contributed by atoms with E-state index in [4.69, 9.17) is 15.0 Å². The van der Waals surface area contributed by atoms with Gasteiger partial charge in [-0.05, 0) is 22.4 Å². The molecule has 0 aliphatic carbocycles. The van der Waals surface area contributed by atoms with Crippen LogP contribution in [0.4, 0.5) is 5.82 Å². The molecule has 35 heavy (non-hydrogen) atoms. The van der Waals surface area contributed by atoms with Gasteiger partial charge in [0, 0.05) is 17.7 Å². The number of pyridine rings is 1. The highest BCUT2D eigenvalue weighted by molar-refractivity contribution is 8.00. The largest absolute Gasteiger partial charge is 0.539 e. The van der Waals surface area contributed by atoms with Crippen LogP contribution in [-0.4, -0.2) is 28.9 Å². The monoisotopic (exact) mass is 484 g/mol. The number of rotatable bonds is 7. The number of thioether (sulfide) groups is 1. The van der Waals surface area contributed by atoms with Crippen molar-refractivity contribution in [1.29, 1.82) is 10.5 Å². The smallest absolute Gasteiger partial charge is 0.307 e. The topological polar surface area (TPSA) is 166 Å². The predicted octanol–water partition coefficient (Wildman–Crippen LogP) is 2.40. The lowest BCUT2D eigenvalue weighted by atomic mass is 9.97. The van der Waals surface area contributed by atoms with Crippen LogP contribution in [0.1, 0.15) is 21.6 Å². The van der Waals surface area contributed by atoms with Crippen molar-refractivity contribution in [3.05, 3.63) is 71.4 Å². The third-order valence-electron chi connectivity index (χ3n) is 5.01. The van der Waals surface area contributed by atoms with Crippen molar-refractivity contribution in [3.8, 4) is 40.6 Å². The summed E-state index contributed by atoms with van der Waals surface area (Å²) in [7, 11) is 1.52. The minimum atomic E-state index is -0.899. The fourth-order valence-electron chi connectivity index (χ4n) is 3.38. The van der Waals surface area contributed by atoms with Gasteiger partial charge < -0.3 is 20.1 Å². The Morgan fingerprint density at radius 2 is 1.83 bits per heavy atom. The number of carbonyl (C=O) groups excluding carboxylic acids is 1. The van der Waals surface area contributed by atoms with Crippen molar-refractivity contribution in [2.24, 2.45) is 0 Å². The van der Waals surface area contributed by atoms with E-state index in [1.807, 2.05) is 6.07 Å². The SMILES string of the molecule is COc1ccc(-[n+]2noc([O-])c2C(=O)CSc2nc(N)c(C#N)c(-c3ccccc3)c2C#N)cc1. The first-order chi connectivity index (χ1) is 17.0. The normalized spacial score (nSPS) is 10.4. The number of Topliss-reactive ketones (excluding diaryl/α,β-unsaturated/α-hetero) is 1. The predicted molar refractivity (Wildman–Crippen MR) is 123 cm³/mol. The Kier molecular flexibility index (Phi) is 6.62. The number of carbonyl (C=O) groups is 1. The van der Waals surface area contributed by atoms with E-state index >= 15 is 0 Å². The van der Waals surface area contributed by atoms with Crippen LogP contribution in [0, 0.1) is 22.7 Å². The maximum absolute atomic E-state index is 13.0. The van der Waals surface area contributed by atoms with Crippen LogP contribution in [0.25, 0.3) is 16.8 Å². The van der Waals surface area contributed by atoms with Crippen LogP contribution in [0.15, 0.2) is 64.1 Å². The number of nitrogens with two attached hydrogens (primary N) is 1. The molecule has 0 saturated carbocycles. The number of nitriles is 2. The highest BCUT2D eigenvalue weighted by atomic mass is 32.2. The van der Waals surface area contributed by atoms with Crippen molar-refractivity contribution < 1.29 is 23.8 Å². The number of ketones is 1. The van der Waals surface area contributed by atoms with Crippen molar-refractivity contribution in [2.45, 2.75) is 5.03 Å². The summed E-state index contributed by atoms with van der Waals surface area (Å²) < 4.78 is 10.9. The number of ether oxygens (including phenoxy) is 1. The number of hydrogen-bond donors (Lipinski definition) is 1. The summed E-state index contributed by atoms with van der Waals surface area (Å²) in [5.74, 6) is -1.22. The van der Waals surface area contributed by atoms with E-state index in [2.05, 4.69) is 16.3 Å². The summed E-state index contributed by atoms with van der Waals surface area (Å²) in [6.45, 7) is 0. The maximum Gasteiger partial charge on any atom is 0.307 e. The molecule has 0 unspecified atom stereocenters. The highest BCUT2D eigenvalue weighted by Gasteiger charge is 2.29. The van der Waals surface area contributed by atoms with Crippen LogP contribution >= 0.6 is 11.8 Å². The molecule has 0 saturated heterocycles. The first kappa shape index (κ1) is 23.3. The van der Waals surface area contributed by atoms with Gasteiger partial charge in [0.1, 0.15) is 34.3 Å². The van der Waals surface area contributed by atoms with E-state index in [9.17, 15) is 20.4 Å². The zero-order chi connectivity index (χ0) is 24.9. The molecule has 2 heterocycles. The van der Waals surface area contributed by atoms with Crippen molar-refractivity contribution >= 4 is 23.4 Å². The van der Waals surface area contributed by atoms with Gasteiger partial charge in [0.05, 0.1) is 23.7 Å². The molecule has 0 aliphatic rings. The summed E-state index contributed by atoms with van der Waals surface area (Å²) >= 11 is 0.925. The van der Waals surface area contributed by atoms with Crippen LogP contribution in [0.3, 0.4) is 0 Å². The van der Waals surface area contributed by atoms with E-state index < -0.39 is 11.7 Å². The molecule has 2 aromatic heterocycles. The molecule has 2 aromatic carbocycles. The summed E-state index contributed by atoms with van der Waals surface area (Å²) in [6.07, 6.45) is 0.